The van der Waals surface area contributed by atoms with E-state index in [9.17, 15) is 9.18 Å². The zero-order valence-electron chi connectivity index (χ0n) is 21.7. The van der Waals surface area contributed by atoms with E-state index in [4.69, 9.17) is 34.8 Å². The van der Waals surface area contributed by atoms with Gasteiger partial charge in [-0.05, 0) is 113 Å². The molecule has 38 heavy (non-hydrogen) atoms. The molecule has 0 bridgehead atoms. The molecule has 1 aliphatic heterocycles. The van der Waals surface area contributed by atoms with Crippen molar-refractivity contribution in [2.75, 3.05) is 13.1 Å². The molecule has 0 unspecified atom stereocenters. The molecular weight excluding hydrogens is 542 g/mol. The molecule has 198 valence electrons. The fourth-order valence-corrected chi connectivity index (χ4v) is 6.36. The van der Waals surface area contributed by atoms with Crippen LogP contribution in [-0.2, 0) is 6.42 Å². The standard InChI is InChI=1S/C31H30Cl3FN2O/c1-31(2,3)36-13-11-19(12-14-36)15-20-16-24(22-8-7-21(35)18-27(22)34)23-9-10-29(38)37(28(23)17-20)30-25(32)5-4-6-26(30)33/h4-10,16-19H,11-15H2,1-3H3. The van der Waals surface area contributed by atoms with E-state index in [0.29, 0.717) is 37.8 Å². The Balaban J connectivity index is 1.68. The highest BCUT2D eigenvalue weighted by atomic mass is 35.5. The zero-order valence-corrected chi connectivity index (χ0v) is 24.0. The van der Waals surface area contributed by atoms with Crippen LogP contribution in [-0.4, -0.2) is 28.1 Å². The normalized spacial score (nSPS) is 15.3. The summed E-state index contributed by atoms with van der Waals surface area (Å²) in [6.07, 6.45) is 3.05. The Bertz CT molecular complexity index is 1550. The molecule has 0 N–H and O–H groups in total. The Labute approximate surface area is 237 Å². The first kappa shape index (κ1) is 27.2. The molecule has 0 saturated carbocycles. The summed E-state index contributed by atoms with van der Waals surface area (Å²) in [6, 6.07) is 17.1. The second-order valence-electron chi connectivity index (χ2n) is 11.1. The quantitative estimate of drug-likeness (QED) is 0.244. The van der Waals surface area contributed by atoms with E-state index in [-0.39, 0.29) is 11.1 Å². The fourth-order valence-electron chi connectivity index (χ4n) is 5.53. The van der Waals surface area contributed by atoms with Crippen molar-refractivity contribution >= 4 is 45.7 Å². The Kier molecular flexibility index (Phi) is 7.63. The highest BCUT2D eigenvalue weighted by Crippen LogP contribution is 2.38. The molecule has 7 heteroatoms. The van der Waals surface area contributed by atoms with Crippen molar-refractivity contribution < 1.29 is 4.39 Å². The topological polar surface area (TPSA) is 25.2 Å². The maximum absolute atomic E-state index is 13.9. The average Bonchev–Trinajstić information content (AvgIpc) is 2.84. The lowest BCUT2D eigenvalue weighted by atomic mass is 9.86. The summed E-state index contributed by atoms with van der Waals surface area (Å²) in [5, 5.41) is 1.89. The lowest BCUT2D eigenvalue weighted by Crippen LogP contribution is -2.46. The van der Waals surface area contributed by atoms with E-state index in [1.165, 1.54) is 18.2 Å². The van der Waals surface area contributed by atoms with Crippen molar-refractivity contribution in [3.05, 3.63) is 97.5 Å². The molecule has 0 atom stereocenters. The number of aromatic nitrogens is 1. The van der Waals surface area contributed by atoms with Crippen LogP contribution in [0.3, 0.4) is 0 Å². The van der Waals surface area contributed by atoms with Crippen LogP contribution in [0.25, 0.3) is 27.7 Å². The van der Waals surface area contributed by atoms with Gasteiger partial charge in [0.1, 0.15) is 5.82 Å². The molecule has 1 fully saturated rings. The molecule has 0 amide bonds. The minimum absolute atomic E-state index is 0.157. The van der Waals surface area contributed by atoms with Crippen molar-refractivity contribution in [3.63, 3.8) is 0 Å². The zero-order chi connectivity index (χ0) is 27.2. The van der Waals surface area contributed by atoms with Crippen LogP contribution in [0.2, 0.25) is 15.1 Å². The first-order valence-corrected chi connectivity index (χ1v) is 14.0. The number of halogens is 4. The molecule has 3 aromatic carbocycles. The highest BCUT2D eigenvalue weighted by Gasteiger charge is 2.27. The van der Waals surface area contributed by atoms with E-state index in [0.717, 1.165) is 48.9 Å². The third-order valence-corrected chi connectivity index (χ3v) is 8.46. The summed E-state index contributed by atoms with van der Waals surface area (Å²) in [6.45, 7) is 8.88. The number of fused-ring (bicyclic) bond motifs is 1. The second kappa shape index (κ2) is 10.7. The molecule has 0 aliphatic carbocycles. The molecule has 2 heterocycles. The van der Waals surface area contributed by atoms with Crippen LogP contribution in [0, 0.1) is 11.7 Å². The van der Waals surface area contributed by atoms with E-state index in [1.807, 2.05) is 0 Å². The van der Waals surface area contributed by atoms with Crippen molar-refractivity contribution in [2.24, 2.45) is 5.92 Å². The van der Waals surface area contributed by atoms with Gasteiger partial charge in [-0.1, -0.05) is 46.9 Å². The maximum Gasteiger partial charge on any atom is 0.255 e. The predicted molar refractivity (Wildman–Crippen MR) is 158 cm³/mol. The van der Waals surface area contributed by atoms with Gasteiger partial charge >= 0.3 is 0 Å². The van der Waals surface area contributed by atoms with Gasteiger partial charge in [-0.25, -0.2) is 4.39 Å². The summed E-state index contributed by atoms with van der Waals surface area (Å²) < 4.78 is 15.5. The smallest absolute Gasteiger partial charge is 0.255 e. The van der Waals surface area contributed by atoms with Crippen LogP contribution in [0.1, 0.15) is 39.2 Å². The summed E-state index contributed by atoms with van der Waals surface area (Å²) >= 11 is 19.7. The summed E-state index contributed by atoms with van der Waals surface area (Å²) in [4.78, 5) is 15.8. The van der Waals surface area contributed by atoms with Crippen molar-refractivity contribution in [2.45, 2.75) is 45.6 Å². The lowest BCUT2D eigenvalue weighted by molar-refractivity contribution is 0.0876. The van der Waals surface area contributed by atoms with Gasteiger partial charge in [-0.2, -0.15) is 0 Å². The SMILES string of the molecule is CC(C)(C)N1CCC(Cc2cc(-c3ccc(F)cc3Cl)c3ccc(=O)n(-c4c(Cl)cccc4Cl)c3c2)CC1. The third kappa shape index (κ3) is 5.37. The number of likely N-dealkylation sites (tertiary alicyclic amines) is 1. The van der Waals surface area contributed by atoms with Gasteiger partial charge in [0.15, 0.2) is 0 Å². The van der Waals surface area contributed by atoms with Crippen molar-refractivity contribution in [1.29, 1.82) is 0 Å². The molecule has 1 aliphatic rings. The van der Waals surface area contributed by atoms with Crippen molar-refractivity contribution in [1.82, 2.24) is 9.47 Å². The minimum atomic E-state index is -0.399. The van der Waals surface area contributed by atoms with Crippen molar-refractivity contribution in [3.8, 4) is 16.8 Å². The molecule has 3 nitrogen and oxygen atoms in total. The van der Waals surface area contributed by atoms with E-state index in [2.05, 4.69) is 37.8 Å². The van der Waals surface area contributed by atoms with Gasteiger partial charge in [0.2, 0.25) is 0 Å². The van der Waals surface area contributed by atoms with Gasteiger partial charge in [0, 0.05) is 22.6 Å². The van der Waals surface area contributed by atoms with Crippen LogP contribution < -0.4 is 5.56 Å². The monoisotopic (exact) mass is 570 g/mol. The second-order valence-corrected chi connectivity index (χ2v) is 12.3. The summed E-state index contributed by atoms with van der Waals surface area (Å²) in [5.41, 5.74) is 3.68. The molecule has 1 aromatic heterocycles. The van der Waals surface area contributed by atoms with E-state index < -0.39 is 5.82 Å². The lowest BCUT2D eigenvalue weighted by Gasteiger charge is -2.41. The number of rotatable bonds is 4. The fraction of sp³-hybridized carbons (Fsp3) is 0.323. The number of nitrogens with zero attached hydrogens (tertiary/aromatic N) is 2. The molecule has 4 aromatic rings. The number of pyridine rings is 1. The molecule has 1 saturated heterocycles. The maximum atomic E-state index is 13.9. The third-order valence-electron chi connectivity index (χ3n) is 7.54. The van der Waals surface area contributed by atoms with E-state index >= 15 is 0 Å². The van der Waals surface area contributed by atoms with Gasteiger partial charge in [-0.15, -0.1) is 0 Å². The molecule has 0 spiro atoms. The molecule has 5 rings (SSSR count). The Hall–Kier alpha value is -2.37. The number of hydrogen-bond acceptors (Lipinski definition) is 2. The van der Waals surface area contributed by atoms with Crippen LogP contribution in [0.4, 0.5) is 4.39 Å². The Morgan fingerprint density at radius 2 is 1.55 bits per heavy atom. The number of benzene rings is 3. The average molecular weight is 572 g/mol. The van der Waals surface area contributed by atoms with Gasteiger partial charge < -0.3 is 0 Å². The van der Waals surface area contributed by atoms with Crippen LogP contribution in [0.15, 0.2) is 65.5 Å². The number of piperidine rings is 1. The van der Waals surface area contributed by atoms with Gasteiger partial charge in [0.25, 0.3) is 5.56 Å². The predicted octanol–water partition coefficient (Wildman–Crippen LogP) is 8.81. The Morgan fingerprint density at radius 3 is 2.18 bits per heavy atom. The van der Waals surface area contributed by atoms with E-state index in [1.54, 1.807) is 34.9 Å². The number of para-hydroxylation sites is 1. The summed E-state index contributed by atoms with van der Waals surface area (Å²) in [5.74, 6) is 0.111. The molecule has 0 radical (unpaired) electrons. The highest BCUT2D eigenvalue weighted by molar-refractivity contribution is 6.38. The minimum Gasteiger partial charge on any atom is -0.298 e. The largest absolute Gasteiger partial charge is 0.298 e. The van der Waals surface area contributed by atoms with Gasteiger partial charge in [-0.3, -0.25) is 14.3 Å². The first-order valence-electron chi connectivity index (χ1n) is 12.9. The first-order chi connectivity index (χ1) is 18.0. The van der Waals surface area contributed by atoms with Gasteiger partial charge in [0.05, 0.1) is 26.3 Å². The molecular formula is C31H30Cl3FN2O. The Morgan fingerprint density at radius 1 is 0.868 bits per heavy atom. The van der Waals surface area contributed by atoms with Crippen LogP contribution >= 0.6 is 34.8 Å². The number of hydrogen-bond donors (Lipinski definition) is 0. The summed E-state index contributed by atoms with van der Waals surface area (Å²) in [7, 11) is 0. The van der Waals surface area contributed by atoms with Crippen LogP contribution in [0.5, 0.6) is 0 Å².